The van der Waals surface area contributed by atoms with Crippen molar-refractivity contribution in [1.82, 2.24) is 5.32 Å². The molecule has 0 bridgehead atoms. The van der Waals surface area contributed by atoms with Crippen molar-refractivity contribution in [3.8, 4) is 11.5 Å². The first-order valence-electron chi connectivity index (χ1n) is 8.03. The molecule has 0 amide bonds. The minimum Gasteiger partial charge on any atom is -0.508 e. The molecule has 3 nitrogen and oxygen atoms in total. The molecule has 3 rings (SSSR count). The maximum atomic E-state index is 10.3. The van der Waals surface area contributed by atoms with Crippen LogP contribution in [0, 0.1) is 0 Å². The van der Waals surface area contributed by atoms with Gasteiger partial charge in [-0.3, -0.25) is 5.32 Å². The number of phenolic OH excluding ortho intramolecular Hbond substituents is 2. The first kappa shape index (κ1) is 16.1. The maximum absolute atomic E-state index is 10.3. The summed E-state index contributed by atoms with van der Waals surface area (Å²) in [6, 6.07) is 24.6. The van der Waals surface area contributed by atoms with Gasteiger partial charge in [-0.05, 0) is 36.2 Å². The Bertz CT molecular complexity index is 787. The van der Waals surface area contributed by atoms with Gasteiger partial charge in [0.15, 0.2) is 0 Å². The molecule has 3 aromatic carbocycles. The summed E-state index contributed by atoms with van der Waals surface area (Å²) in [4.78, 5) is 0. The molecule has 0 heterocycles. The Balaban J connectivity index is 1.98. The van der Waals surface area contributed by atoms with E-state index in [9.17, 15) is 10.2 Å². The summed E-state index contributed by atoms with van der Waals surface area (Å²) in [5, 5.41) is 23.7. The Morgan fingerprint density at radius 3 is 1.96 bits per heavy atom. The van der Waals surface area contributed by atoms with E-state index in [-0.39, 0.29) is 23.6 Å². The van der Waals surface area contributed by atoms with Crippen LogP contribution < -0.4 is 5.32 Å². The number of hydrogen-bond donors (Lipinski definition) is 3. The zero-order valence-corrected chi connectivity index (χ0v) is 13.6. The molecule has 0 radical (unpaired) electrons. The molecule has 3 aromatic rings. The lowest BCUT2D eigenvalue weighted by Crippen LogP contribution is -2.25. The molecule has 0 aromatic heterocycles. The average Bonchev–Trinajstić information content (AvgIpc) is 2.63. The third-order valence-electron chi connectivity index (χ3n) is 4.17. The summed E-state index contributed by atoms with van der Waals surface area (Å²) in [7, 11) is 0. The fourth-order valence-corrected chi connectivity index (χ4v) is 2.87. The first-order chi connectivity index (χ1) is 11.6. The van der Waals surface area contributed by atoms with E-state index in [2.05, 4.69) is 24.4 Å². The van der Waals surface area contributed by atoms with Crippen molar-refractivity contribution in [2.45, 2.75) is 19.0 Å². The van der Waals surface area contributed by atoms with Crippen LogP contribution in [0.25, 0.3) is 0 Å². The second kappa shape index (κ2) is 7.20. The smallest absolute Gasteiger partial charge is 0.120 e. The molecule has 24 heavy (non-hydrogen) atoms. The fraction of sp³-hybridized carbons (Fsp3) is 0.143. The molecular weight excluding hydrogens is 298 g/mol. The van der Waals surface area contributed by atoms with Gasteiger partial charge in [-0.15, -0.1) is 0 Å². The lowest BCUT2D eigenvalue weighted by atomic mass is 9.95. The number of phenols is 2. The standard InChI is InChI=1S/C21H21NO2/c1-15(16-8-4-2-5-9-16)22-21(17-10-6-3-7-11-17)19-14-18(23)12-13-20(19)24/h2-15,21-24H,1H3/t15-,21-/m0/s1. The van der Waals surface area contributed by atoms with E-state index in [4.69, 9.17) is 0 Å². The van der Waals surface area contributed by atoms with Crippen LogP contribution in [0.2, 0.25) is 0 Å². The molecule has 0 unspecified atom stereocenters. The van der Waals surface area contributed by atoms with Gasteiger partial charge in [-0.2, -0.15) is 0 Å². The third-order valence-corrected chi connectivity index (χ3v) is 4.17. The highest BCUT2D eigenvalue weighted by atomic mass is 16.3. The highest BCUT2D eigenvalue weighted by Crippen LogP contribution is 2.33. The quantitative estimate of drug-likeness (QED) is 0.605. The molecule has 122 valence electrons. The predicted octanol–water partition coefficient (Wildman–Crippen LogP) is 4.54. The van der Waals surface area contributed by atoms with Gasteiger partial charge in [-0.1, -0.05) is 60.7 Å². The van der Waals surface area contributed by atoms with E-state index in [1.807, 2.05) is 48.5 Å². The molecule has 3 N–H and O–H groups in total. The highest BCUT2D eigenvalue weighted by Gasteiger charge is 2.20. The molecule has 0 saturated carbocycles. The summed E-state index contributed by atoms with van der Waals surface area (Å²) < 4.78 is 0. The summed E-state index contributed by atoms with van der Waals surface area (Å²) in [6.07, 6.45) is 0. The minimum absolute atomic E-state index is 0.0816. The first-order valence-corrected chi connectivity index (χ1v) is 8.03. The van der Waals surface area contributed by atoms with Crippen molar-refractivity contribution in [3.05, 3.63) is 95.6 Å². The van der Waals surface area contributed by atoms with Gasteiger partial charge in [0.2, 0.25) is 0 Å². The van der Waals surface area contributed by atoms with Crippen molar-refractivity contribution in [2.24, 2.45) is 0 Å². The largest absolute Gasteiger partial charge is 0.508 e. The Labute approximate surface area is 142 Å². The molecule has 0 aliphatic heterocycles. The van der Waals surface area contributed by atoms with E-state index in [0.717, 1.165) is 11.1 Å². The summed E-state index contributed by atoms with van der Waals surface area (Å²) in [5.41, 5.74) is 2.85. The molecule has 3 heteroatoms. The van der Waals surface area contributed by atoms with E-state index in [1.165, 1.54) is 12.1 Å². The van der Waals surface area contributed by atoms with Gasteiger partial charge in [0.05, 0.1) is 6.04 Å². The number of rotatable bonds is 5. The SMILES string of the molecule is C[C@H](N[C@@H](c1ccccc1)c1cc(O)ccc1O)c1ccccc1. The van der Waals surface area contributed by atoms with Crippen LogP contribution in [0.4, 0.5) is 0 Å². The zero-order chi connectivity index (χ0) is 16.9. The van der Waals surface area contributed by atoms with Crippen molar-refractivity contribution in [3.63, 3.8) is 0 Å². The van der Waals surface area contributed by atoms with Gasteiger partial charge < -0.3 is 10.2 Å². The van der Waals surface area contributed by atoms with Crippen LogP contribution in [-0.4, -0.2) is 10.2 Å². The van der Waals surface area contributed by atoms with Crippen LogP contribution in [0.15, 0.2) is 78.9 Å². The monoisotopic (exact) mass is 319 g/mol. The molecular formula is C21H21NO2. The van der Waals surface area contributed by atoms with Gasteiger partial charge in [0.1, 0.15) is 11.5 Å². The van der Waals surface area contributed by atoms with Crippen LogP contribution in [-0.2, 0) is 0 Å². The normalized spacial score (nSPS) is 13.4. The zero-order valence-electron chi connectivity index (χ0n) is 13.6. The van der Waals surface area contributed by atoms with Crippen LogP contribution >= 0.6 is 0 Å². The second-order valence-electron chi connectivity index (χ2n) is 5.89. The van der Waals surface area contributed by atoms with Crippen LogP contribution in [0.3, 0.4) is 0 Å². The molecule has 0 fully saturated rings. The van der Waals surface area contributed by atoms with Crippen LogP contribution in [0.1, 0.15) is 35.7 Å². The van der Waals surface area contributed by atoms with Crippen molar-refractivity contribution in [2.75, 3.05) is 0 Å². The van der Waals surface area contributed by atoms with Gasteiger partial charge >= 0.3 is 0 Å². The van der Waals surface area contributed by atoms with Crippen molar-refractivity contribution >= 4 is 0 Å². The molecule has 0 aliphatic rings. The van der Waals surface area contributed by atoms with Gasteiger partial charge in [-0.25, -0.2) is 0 Å². The fourth-order valence-electron chi connectivity index (χ4n) is 2.87. The van der Waals surface area contributed by atoms with Crippen molar-refractivity contribution in [1.29, 1.82) is 0 Å². The Hall–Kier alpha value is -2.78. The minimum atomic E-state index is -0.228. The number of aromatic hydroxyl groups is 2. The average molecular weight is 319 g/mol. The predicted molar refractivity (Wildman–Crippen MR) is 96.0 cm³/mol. The third kappa shape index (κ3) is 3.58. The summed E-state index contributed by atoms with van der Waals surface area (Å²) in [6.45, 7) is 2.09. The van der Waals surface area contributed by atoms with E-state index in [1.54, 1.807) is 6.07 Å². The molecule has 2 atom stereocenters. The van der Waals surface area contributed by atoms with Crippen LogP contribution in [0.5, 0.6) is 11.5 Å². The molecule has 0 saturated heterocycles. The Morgan fingerprint density at radius 1 is 0.750 bits per heavy atom. The number of benzene rings is 3. The number of nitrogens with one attached hydrogen (secondary N) is 1. The van der Waals surface area contributed by atoms with Gasteiger partial charge in [0, 0.05) is 11.6 Å². The molecule has 0 aliphatic carbocycles. The topological polar surface area (TPSA) is 52.5 Å². The van der Waals surface area contributed by atoms with E-state index < -0.39 is 0 Å². The second-order valence-corrected chi connectivity index (χ2v) is 5.89. The highest BCUT2D eigenvalue weighted by molar-refractivity contribution is 5.45. The van der Waals surface area contributed by atoms with Gasteiger partial charge in [0.25, 0.3) is 0 Å². The van der Waals surface area contributed by atoms with Crippen molar-refractivity contribution < 1.29 is 10.2 Å². The lowest BCUT2D eigenvalue weighted by molar-refractivity contribution is 0.436. The maximum Gasteiger partial charge on any atom is 0.120 e. The Kier molecular flexibility index (Phi) is 4.82. The molecule has 0 spiro atoms. The Morgan fingerprint density at radius 2 is 1.33 bits per heavy atom. The van der Waals surface area contributed by atoms with E-state index in [0.29, 0.717) is 5.56 Å². The van der Waals surface area contributed by atoms with E-state index >= 15 is 0 Å². The lowest BCUT2D eigenvalue weighted by Gasteiger charge is -2.25. The number of hydrogen-bond acceptors (Lipinski definition) is 3. The summed E-state index contributed by atoms with van der Waals surface area (Å²) in [5.74, 6) is 0.298. The summed E-state index contributed by atoms with van der Waals surface area (Å²) >= 11 is 0.